The van der Waals surface area contributed by atoms with E-state index in [0.29, 0.717) is 24.7 Å². The van der Waals surface area contributed by atoms with E-state index < -0.39 is 5.82 Å². The lowest BCUT2D eigenvalue weighted by Gasteiger charge is -2.12. The monoisotopic (exact) mass is 309 g/mol. The van der Waals surface area contributed by atoms with Crippen LogP contribution >= 0.6 is 11.6 Å². The minimum absolute atomic E-state index is 0.101. The summed E-state index contributed by atoms with van der Waals surface area (Å²) in [5.41, 5.74) is 1.78. The zero-order chi connectivity index (χ0) is 15.2. The molecule has 0 aliphatic carbocycles. The van der Waals surface area contributed by atoms with Crippen molar-refractivity contribution in [3.63, 3.8) is 0 Å². The standard InChI is InChI=1S/C16H17ClFNO2/c1-3-21-15-7-4-11(8-16(15)20-2)10-19-12-5-6-14(18)13(17)9-12/h4-9,19H,3,10H2,1-2H3. The second-order valence-corrected chi connectivity index (χ2v) is 4.81. The lowest BCUT2D eigenvalue weighted by Crippen LogP contribution is -2.01. The fourth-order valence-corrected chi connectivity index (χ4v) is 2.09. The molecule has 0 aliphatic rings. The molecule has 2 rings (SSSR count). The Hall–Kier alpha value is -1.94. The molecule has 2 aromatic rings. The third kappa shape index (κ3) is 4.02. The van der Waals surface area contributed by atoms with Crippen LogP contribution in [0.5, 0.6) is 11.5 Å². The number of nitrogens with one attached hydrogen (secondary N) is 1. The zero-order valence-corrected chi connectivity index (χ0v) is 12.7. The van der Waals surface area contributed by atoms with Gasteiger partial charge in [-0.3, -0.25) is 0 Å². The molecule has 112 valence electrons. The average Bonchev–Trinajstić information content (AvgIpc) is 2.49. The van der Waals surface area contributed by atoms with Crippen molar-refractivity contribution in [1.82, 2.24) is 0 Å². The molecule has 0 saturated heterocycles. The molecule has 0 radical (unpaired) electrons. The third-order valence-electron chi connectivity index (χ3n) is 2.94. The Bertz CT molecular complexity index is 619. The summed E-state index contributed by atoms with van der Waals surface area (Å²) in [4.78, 5) is 0. The molecule has 0 amide bonds. The first-order valence-electron chi connectivity index (χ1n) is 6.62. The number of methoxy groups -OCH3 is 1. The average molecular weight is 310 g/mol. The number of hydrogen-bond donors (Lipinski definition) is 1. The number of hydrogen-bond acceptors (Lipinski definition) is 3. The molecule has 0 bridgehead atoms. The SMILES string of the molecule is CCOc1ccc(CNc2ccc(F)c(Cl)c2)cc1OC. The highest BCUT2D eigenvalue weighted by molar-refractivity contribution is 6.31. The Kier molecular flexibility index (Phi) is 5.28. The Morgan fingerprint density at radius 3 is 2.62 bits per heavy atom. The van der Waals surface area contributed by atoms with Crippen LogP contribution in [0.1, 0.15) is 12.5 Å². The second-order valence-electron chi connectivity index (χ2n) is 4.40. The first-order chi connectivity index (χ1) is 10.1. The van der Waals surface area contributed by atoms with Crippen molar-refractivity contribution in [3.05, 3.63) is 52.8 Å². The van der Waals surface area contributed by atoms with E-state index in [2.05, 4.69) is 5.32 Å². The number of anilines is 1. The molecule has 0 fully saturated rings. The Labute approximate surface area is 128 Å². The Morgan fingerprint density at radius 1 is 1.14 bits per heavy atom. The highest BCUT2D eigenvalue weighted by Crippen LogP contribution is 2.28. The molecular formula is C16H17ClFNO2. The van der Waals surface area contributed by atoms with Gasteiger partial charge < -0.3 is 14.8 Å². The number of rotatable bonds is 6. The van der Waals surface area contributed by atoms with E-state index in [1.807, 2.05) is 25.1 Å². The molecule has 0 unspecified atom stereocenters. The van der Waals surface area contributed by atoms with Gasteiger partial charge in [-0.15, -0.1) is 0 Å². The van der Waals surface area contributed by atoms with E-state index in [1.54, 1.807) is 19.2 Å². The Morgan fingerprint density at radius 2 is 1.95 bits per heavy atom. The largest absolute Gasteiger partial charge is 0.493 e. The van der Waals surface area contributed by atoms with E-state index in [-0.39, 0.29) is 5.02 Å². The van der Waals surface area contributed by atoms with Gasteiger partial charge in [0.25, 0.3) is 0 Å². The van der Waals surface area contributed by atoms with Crippen LogP contribution in [0.3, 0.4) is 0 Å². The fraction of sp³-hybridized carbons (Fsp3) is 0.250. The van der Waals surface area contributed by atoms with Crippen LogP contribution < -0.4 is 14.8 Å². The number of halogens is 2. The van der Waals surface area contributed by atoms with Crippen LogP contribution in [0, 0.1) is 5.82 Å². The molecule has 5 heteroatoms. The highest BCUT2D eigenvalue weighted by Gasteiger charge is 2.06. The van der Waals surface area contributed by atoms with Crippen LogP contribution in [0.2, 0.25) is 5.02 Å². The predicted molar refractivity (Wildman–Crippen MR) is 82.9 cm³/mol. The topological polar surface area (TPSA) is 30.5 Å². The van der Waals surface area contributed by atoms with Gasteiger partial charge in [0, 0.05) is 12.2 Å². The molecule has 2 aromatic carbocycles. The lowest BCUT2D eigenvalue weighted by molar-refractivity contribution is 0.310. The van der Waals surface area contributed by atoms with Crippen molar-refractivity contribution in [2.75, 3.05) is 19.0 Å². The van der Waals surface area contributed by atoms with E-state index in [9.17, 15) is 4.39 Å². The van der Waals surface area contributed by atoms with Crippen molar-refractivity contribution in [1.29, 1.82) is 0 Å². The molecule has 3 nitrogen and oxygen atoms in total. The summed E-state index contributed by atoms with van der Waals surface area (Å²) in [5, 5.41) is 3.29. The lowest BCUT2D eigenvalue weighted by atomic mass is 10.2. The van der Waals surface area contributed by atoms with Crippen LogP contribution in [0.25, 0.3) is 0 Å². The number of ether oxygens (including phenoxy) is 2. The van der Waals surface area contributed by atoms with Crippen LogP contribution in [-0.4, -0.2) is 13.7 Å². The highest BCUT2D eigenvalue weighted by atomic mass is 35.5. The summed E-state index contributed by atoms with van der Waals surface area (Å²) in [6.07, 6.45) is 0. The first kappa shape index (κ1) is 15.4. The summed E-state index contributed by atoms with van der Waals surface area (Å²) in [5.74, 6) is 0.979. The maximum Gasteiger partial charge on any atom is 0.161 e. The van der Waals surface area contributed by atoms with Gasteiger partial charge in [0.1, 0.15) is 5.82 Å². The minimum Gasteiger partial charge on any atom is -0.493 e. The van der Waals surface area contributed by atoms with E-state index in [4.69, 9.17) is 21.1 Å². The van der Waals surface area contributed by atoms with Crippen molar-refractivity contribution >= 4 is 17.3 Å². The van der Waals surface area contributed by atoms with Gasteiger partial charge in [-0.25, -0.2) is 4.39 Å². The molecule has 0 spiro atoms. The zero-order valence-electron chi connectivity index (χ0n) is 12.0. The molecule has 0 saturated carbocycles. The maximum absolute atomic E-state index is 13.1. The quantitative estimate of drug-likeness (QED) is 0.852. The van der Waals surface area contributed by atoms with Gasteiger partial charge in [0.15, 0.2) is 11.5 Å². The smallest absolute Gasteiger partial charge is 0.161 e. The molecule has 0 atom stereocenters. The molecule has 21 heavy (non-hydrogen) atoms. The van der Waals surface area contributed by atoms with Gasteiger partial charge in [-0.05, 0) is 42.8 Å². The molecular weight excluding hydrogens is 293 g/mol. The van der Waals surface area contributed by atoms with E-state index in [0.717, 1.165) is 11.3 Å². The summed E-state index contributed by atoms with van der Waals surface area (Å²) in [6.45, 7) is 3.08. The third-order valence-corrected chi connectivity index (χ3v) is 3.23. The van der Waals surface area contributed by atoms with Gasteiger partial charge in [0.2, 0.25) is 0 Å². The van der Waals surface area contributed by atoms with Crippen molar-refractivity contribution in [2.24, 2.45) is 0 Å². The van der Waals surface area contributed by atoms with E-state index >= 15 is 0 Å². The van der Waals surface area contributed by atoms with Crippen molar-refractivity contribution in [2.45, 2.75) is 13.5 Å². The summed E-state index contributed by atoms with van der Waals surface area (Å²) < 4.78 is 23.9. The normalized spacial score (nSPS) is 10.3. The van der Waals surface area contributed by atoms with Crippen molar-refractivity contribution < 1.29 is 13.9 Å². The summed E-state index contributed by atoms with van der Waals surface area (Å²) in [6, 6.07) is 10.3. The van der Waals surface area contributed by atoms with Gasteiger partial charge in [-0.2, -0.15) is 0 Å². The summed E-state index contributed by atoms with van der Waals surface area (Å²) >= 11 is 5.75. The molecule has 0 aliphatic heterocycles. The minimum atomic E-state index is -0.426. The first-order valence-corrected chi connectivity index (χ1v) is 7.00. The maximum atomic E-state index is 13.1. The van der Waals surface area contributed by atoms with Crippen molar-refractivity contribution in [3.8, 4) is 11.5 Å². The molecule has 0 heterocycles. The fourth-order valence-electron chi connectivity index (χ4n) is 1.91. The van der Waals surface area contributed by atoms with Crippen LogP contribution in [-0.2, 0) is 6.54 Å². The second kappa shape index (κ2) is 7.18. The Balaban J connectivity index is 2.07. The number of benzene rings is 2. The van der Waals surface area contributed by atoms with Crippen LogP contribution in [0.15, 0.2) is 36.4 Å². The van der Waals surface area contributed by atoms with Gasteiger partial charge in [-0.1, -0.05) is 17.7 Å². The molecule has 0 aromatic heterocycles. The van der Waals surface area contributed by atoms with E-state index in [1.165, 1.54) is 6.07 Å². The predicted octanol–water partition coefficient (Wildman–Crippen LogP) is 4.50. The van der Waals surface area contributed by atoms with Crippen LogP contribution in [0.4, 0.5) is 10.1 Å². The summed E-state index contributed by atoms with van der Waals surface area (Å²) in [7, 11) is 1.61. The van der Waals surface area contributed by atoms with Gasteiger partial charge >= 0.3 is 0 Å². The molecule has 1 N–H and O–H groups in total. The van der Waals surface area contributed by atoms with Gasteiger partial charge in [0.05, 0.1) is 18.7 Å².